The second kappa shape index (κ2) is 8.93. The molecule has 0 saturated heterocycles. The molecule has 0 spiro atoms. The van der Waals surface area contributed by atoms with Crippen molar-refractivity contribution >= 4 is 48.9 Å². The van der Waals surface area contributed by atoms with E-state index in [1.54, 1.807) is 31.2 Å². The number of benzene rings is 2. The van der Waals surface area contributed by atoms with Crippen LogP contribution in [0.25, 0.3) is 0 Å². The van der Waals surface area contributed by atoms with Crippen molar-refractivity contribution in [3.8, 4) is 0 Å². The Morgan fingerprint density at radius 3 is 2.43 bits per heavy atom. The minimum atomic E-state index is -3.69. The molecule has 2 aromatic rings. The summed E-state index contributed by atoms with van der Waals surface area (Å²) in [7, 11) is -3.69. The Balaban J connectivity index is 2.12. The maximum Gasteiger partial charge on any atom is 0.269 e. The van der Waals surface area contributed by atoms with E-state index in [0.717, 1.165) is 10.6 Å². The number of anilines is 1. The van der Waals surface area contributed by atoms with Crippen molar-refractivity contribution in [1.29, 1.82) is 0 Å². The molecule has 0 atom stereocenters. The van der Waals surface area contributed by atoms with Crippen molar-refractivity contribution in [2.75, 3.05) is 17.1 Å². The fraction of sp³-hybridized carbons (Fsp3) is 0.176. The number of amides is 1. The van der Waals surface area contributed by atoms with Gasteiger partial charge in [0.1, 0.15) is 6.54 Å². The standard InChI is InChI=1S/C17H17BrN4O5S/c1-12(13-6-8-15(9-7-13)22(24)25)19-20-17(23)11-21(28(2,26)27)16-5-3-4-14(18)10-16/h3-10H,11H2,1-2H3,(H,20,23)/b19-12-. The van der Waals surface area contributed by atoms with Crippen molar-refractivity contribution in [1.82, 2.24) is 5.43 Å². The Labute approximate surface area is 170 Å². The lowest BCUT2D eigenvalue weighted by molar-refractivity contribution is -0.384. The molecule has 0 unspecified atom stereocenters. The van der Waals surface area contributed by atoms with Crippen molar-refractivity contribution < 1.29 is 18.1 Å². The molecule has 0 bridgehead atoms. The summed E-state index contributed by atoms with van der Waals surface area (Å²) >= 11 is 3.27. The Bertz CT molecular complexity index is 1020. The highest BCUT2D eigenvalue weighted by molar-refractivity contribution is 9.10. The van der Waals surface area contributed by atoms with Crippen LogP contribution in [0.3, 0.4) is 0 Å². The number of halogens is 1. The normalized spacial score (nSPS) is 11.8. The zero-order valence-electron chi connectivity index (χ0n) is 15.0. The van der Waals surface area contributed by atoms with E-state index >= 15 is 0 Å². The average Bonchev–Trinajstić information content (AvgIpc) is 2.63. The summed E-state index contributed by atoms with van der Waals surface area (Å²) in [5.41, 5.74) is 3.58. The molecule has 1 N–H and O–H groups in total. The number of hydrogen-bond acceptors (Lipinski definition) is 6. The Morgan fingerprint density at radius 1 is 1.25 bits per heavy atom. The molecule has 1 amide bonds. The molecule has 148 valence electrons. The molecule has 0 aliphatic heterocycles. The van der Waals surface area contributed by atoms with Gasteiger partial charge in [-0.15, -0.1) is 0 Å². The summed E-state index contributed by atoms with van der Waals surface area (Å²) in [5.74, 6) is -0.633. The minimum Gasteiger partial charge on any atom is -0.271 e. The Kier molecular flexibility index (Phi) is 6.86. The summed E-state index contributed by atoms with van der Waals surface area (Å²) in [5, 5.41) is 14.6. The number of nitro benzene ring substituents is 1. The number of non-ortho nitro benzene ring substituents is 1. The summed E-state index contributed by atoms with van der Waals surface area (Å²) in [6.07, 6.45) is 1.01. The van der Waals surface area contributed by atoms with E-state index < -0.39 is 27.4 Å². The molecule has 2 rings (SSSR count). The molecule has 2 aromatic carbocycles. The zero-order chi connectivity index (χ0) is 20.9. The van der Waals surface area contributed by atoms with Crippen LogP contribution in [0.4, 0.5) is 11.4 Å². The first kappa shape index (κ1) is 21.5. The molecule has 0 aliphatic carbocycles. The maximum atomic E-state index is 12.2. The zero-order valence-corrected chi connectivity index (χ0v) is 17.4. The van der Waals surface area contributed by atoms with Gasteiger partial charge in [0.2, 0.25) is 10.0 Å². The molecule has 0 radical (unpaired) electrons. The topological polar surface area (TPSA) is 122 Å². The molecule has 0 aromatic heterocycles. The molecule has 0 heterocycles. The van der Waals surface area contributed by atoms with E-state index in [4.69, 9.17) is 0 Å². The SMILES string of the molecule is C/C(=N/NC(=O)CN(c1cccc(Br)c1)S(C)(=O)=O)c1ccc([N+](=O)[O-])cc1. The molecule has 11 heteroatoms. The third-order valence-corrected chi connectivity index (χ3v) is 5.26. The van der Waals surface area contributed by atoms with Crippen LogP contribution >= 0.6 is 15.9 Å². The lowest BCUT2D eigenvalue weighted by atomic mass is 10.1. The van der Waals surface area contributed by atoms with Gasteiger partial charge in [0.15, 0.2) is 0 Å². The van der Waals surface area contributed by atoms with Crippen molar-refractivity contribution in [2.45, 2.75) is 6.92 Å². The number of hydrogen-bond donors (Lipinski definition) is 1. The second-order valence-electron chi connectivity index (χ2n) is 5.79. The van der Waals surface area contributed by atoms with Gasteiger partial charge in [-0.05, 0) is 42.8 Å². The van der Waals surface area contributed by atoms with Gasteiger partial charge >= 0.3 is 0 Å². The first-order valence-corrected chi connectivity index (χ1v) is 10.5. The average molecular weight is 469 g/mol. The van der Waals surface area contributed by atoms with Crippen LogP contribution in [0.5, 0.6) is 0 Å². The van der Waals surface area contributed by atoms with Crippen LogP contribution in [0.15, 0.2) is 58.1 Å². The van der Waals surface area contributed by atoms with Gasteiger partial charge in [0, 0.05) is 16.6 Å². The van der Waals surface area contributed by atoms with Gasteiger partial charge in [-0.3, -0.25) is 19.2 Å². The molecule has 0 fully saturated rings. The Hall–Kier alpha value is -2.79. The number of carbonyl (C=O) groups is 1. The number of nitrogens with zero attached hydrogens (tertiary/aromatic N) is 3. The van der Waals surface area contributed by atoms with Crippen LogP contribution in [0.1, 0.15) is 12.5 Å². The third-order valence-electron chi connectivity index (χ3n) is 3.63. The smallest absolute Gasteiger partial charge is 0.269 e. The summed E-state index contributed by atoms with van der Waals surface area (Å²) in [4.78, 5) is 22.4. The number of nitro groups is 1. The van der Waals surface area contributed by atoms with Crippen LogP contribution in [-0.2, 0) is 14.8 Å². The highest BCUT2D eigenvalue weighted by Gasteiger charge is 2.21. The van der Waals surface area contributed by atoms with Crippen LogP contribution in [-0.4, -0.2) is 37.8 Å². The van der Waals surface area contributed by atoms with E-state index in [9.17, 15) is 23.3 Å². The fourth-order valence-corrected chi connectivity index (χ4v) is 3.47. The summed E-state index contributed by atoms with van der Waals surface area (Å²) in [6.45, 7) is 1.16. The van der Waals surface area contributed by atoms with Crippen molar-refractivity contribution in [3.05, 3.63) is 68.7 Å². The van der Waals surface area contributed by atoms with E-state index in [1.165, 1.54) is 24.3 Å². The monoisotopic (exact) mass is 468 g/mol. The van der Waals surface area contributed by atoms with Gasteiger partial charge < -0.3 is 0 Å². The molecule has 0 aliphatic rings. The summed E-state index contributed by atoms with van der Waals surface area (Å²) in [6, 6.07) is 12.2. The van der Waals surface area contributed by atoms with Crippen LogP contribution in [0, 0.1) is 10.1 Å². The molecule has 0 saturated carbocycles. The highest BCUT2D eigenvalue weighted by Crippen LogP contribution is 2.21. The first-order chi connectivity index (χ1) is 13.1. The van der Waals surface area contributed by atoms with E-state index in [-0.39, 0.29) is 5.69 Å². The van der Waals surface area contributed by atoms with E-state index in [2.05, 4.69) is 26.5 Å². The molecular weight excluding hydrogens is 452 g/mol. The van der Waals surface area contributed by atoms with Crippen LogP contribution < -0.4 is 9.73 Å². The molecule has 28 heavy (non-hydrogen) atoms. The highest BCUT2D eigenvalue weighted by atomic mass is 79.9. The molecule has 9 nitrogen and oxygen atoms in total. The van der Waals surface area contributed by atoms with Crippen molar-refractivity contribution in [3.63, 3.8) is 0 Å². The number of carbonyl (C=O) groups excluding carboxylic acids is 1. The first-order valence-electron chi connectivity index (χ1n) is 7.89. The fourth-order valence-electron chi connectivity index (χ4n) is 2.23. The van der Waals surface area contributed by atoms with E-state index in [1.807, 2.05) is 0 Å². The Morgan fingerprint density at radius 2 is 1.89 bits per heavy atom. The van der Waals surface area contributed by atoms with Gasteiger partial charge in [-0.1, -0.05) is 22.0 Å². The number of rotatable bonds is 7. The number of hydrazone groups is 1. The second-order valence-corrected chi connectivity index (χ2v) is 8.61. The van der Waals surface area contributed by atoms with Gasteiger partial charge in [0.05, 0.1) is 22.6 Å². The lowest BCUT2D eigenvalue weighted by Gasteiger charge is -2.21. The molecular formula is C17H17BrN4O5S. The summed E-state index contributed by atoms with van der Waals surface area (Å²) < 4.78 is 25.8. The number of sulfonamides is 1. The maximum absolute atomic E-state index is 12.2. The lowest BCUT2D eigenvalue weighted by Crippen LogP contribution is -2.39. The minimum absolute atomic E-state index is 0.0570. The van der Waals surface area contributed by atoms with Gasteiger partial charge in [0.25, 0.3) is 11.6 Å². The van der Waals surface area contributed by atoms with Crippen molar-refractivity contribution in [2.24, 2.45) is 5.10 Å². The predicted molar refractivity (Wildman–Crippen MR) is 110 cm³/mol. The van der Waals surface area contributed by atoms with Gasteiger partial charge in [-0.2, -0.15) is 5.10 Å². The predicted octanol–water partition coefficient (Wildman–Crippen LogP) is 2.66. The largest absolute Gasteiger partial charge is 0.271 e. The third kappa shape index (κ3) is 5.86. The quantitative estimate of drug-likeness (QED) is 0.380. The van der Waals surface area contributed by atoms with E-state index in [0.29, 0.717) is 21.4 Å². The number of nitrogens with one attached hydrogen (secondary N) is 1. The van der Waals surface area contributed by atoms with Gasteiger partial charge in [-0.25, -0.2) is 13.8 Å². The van der Waals surface area contributed by atoms with Crippen LogP contribution in [0.2, 0.25) is 0 Å².